The lowest BCUT2D eigenvalue weighted by molar-refractivity contribution is -0.120. The number of nitrogens with zero attached hydrogens (tertiary/aromatic N) is 1. The van der Waals surface area contributed by atoms with Crippen LogP contribution >= 0.6 is 0 Å². The first kappa shape index (κ1) is 33.7. The predicted octanol–water partition coefficient (Wildman–Crippen LogP) is 15.9. The highest BCUT2D eigenvalue weighted by atomic mass is 16.1. The van der Waals surface area contributed by atoms with Crippen LogP contribution in [0.15, 0.2) is 182 Å². The number of rotatable bonds is 3. The molecule has 0 radical (unpaired) electrons. The van der Waals surface area contributed by atoms with Gasteiger partial charge in [0.05, 0.1) is 0 Å². The van der Waals surface area contributed by atoms with Crippen LogP contribution in [0.3, 0.4) is 0 Å². The van der Waals surface area contributed by atoms with E-state index in [9.17, 15) is 4.79 Å². The monoisotopic (exact) mass is 765 g/mol. The number of fused-ring (bicyclic) bond motifs is 10. The van der Waals surface area contributed by atoms with E-state index in [-0.39, 0.29) is 6.04 Å². The van der Waals surface area contributed by atoms with E-state index >= 15 is 0 Å². The minimum Gasteiger partial charge on any atom is -0.337 e. The highest BCUT2D eigenvalue weighted by Crippen LogP contribution is 2.44. The van der Waals surface area contributed by atoms with E-state index in [1.807, 2.05) is 0 Å². The van der Waals surface area contributed by atoms with Crippen molar-refractivity contribution >= 4 is 125 Å². The van der Waals surface area contributed by atoms with Gasteiger partial charge in [0.15, 0.2) is 0 Å². The van der Waals surface area contributed by atoms with Crippen molar-refractivity contribution in [1.82, 2.24) is 0 Å². The Hall–Kier alpha value is -7.29. The molecule has 0 saturated heterocycles. The Morgan fingerprint density at radius 1 is 0.300 bits per heavy atom. The molecule has 1 aliphatic rings. The summed E-state index contributed by atoms with van der Waals surface area (Å²) >= 11 is 0. The van der Waals surface area contributed by atoms with Gasteiger partial charge in [0.2, 0.25) is 0 Å². The molecule has 0 aromatic heterocycles. The second kappa shape index (κ2) is 12.9. The number of anilines is 2. The third kappa shape index (κ3) is 5.37. The lowest BCUT2D eigenvalue weighted by atomic mass is 9.90. The first-order chi connectivity index (χ1) is 29.5. The average Bonchev–Trinajstić information content (AvgIpc) is 3.27. The topological polar surface area (TPSA) is 20.3 Å². The van der Waals surface area contributed by atoms with Gasteiger partial charge >= 0.3 is 0 Å². The molecule has 2 nitrogen and oxygen atoms in total. The molecule has 0 amide bonds. The first-order valence-electron chi connectivity index (χ1n) is 21.3. The largest absolute Gasteiger partial charge is 0.337 e. The van der Waals surface area contributed by atoms with Gasteiger partial charge < -0.3 is 4.90 Å². The van der Waals surface area contributed by atoms with Crippen LogP contribution in [-0.4, -0.2) is 11.8 Å². The van der Waals surface area contributed by atoms with Crippen molar-refractivity contribution in [3.8, 4) is 0 Å². The van der Waals surface area contributed by atoms with Gasteiger partial charge in [-0.3, -0.25) is 4.79 Å². The number of hydrogen-bond acceptors (Lipinski definition) is 2. The van der Waals surface area contributed by atoms with Crippen LogP contribution in [0.5, 0.6) is 0 Å². The highest BCUT2D eigenvalue weighted by Gasteiger charge is 2.28. The van der Waals surface area contributed by atoms with Crippen molar-refractivity contribution in [3.05, 3.63) is 182 Å². The number of ketones is 1. The van der Waals surface area contributed by atoms with E-state index in [1.54, 1.807) is 0 Å². The second-order valence-corrected chi connectivity index (χ2v) is 17.2. The summed E-state index contributed by atoms with van der Waals surface area (Å²) in [6.45, 7) is 0. The van der Waals surface area contributed by atoms with Gasteiger partial charge in [-0.05, 0) is 219 Å². The molecule has 1 aliphatic carbocycles. The number of benzene rings is 12. The van der Waals surface area contributed by atoms with Gasteiger partial charge in [0, 0.05) is 41.0 Å². The standard InChI is InChI=1S/C58H39NO/c60-54-17-15-53(16-18-54)59(57-13-5-11-39-23-45-29-47-25-41-19-35-7-1-3-9-37(35)21-43(41)27-49(47)31-51(45)33-55(39)57)58-14-6-12-40-24-46-30-48-26-42-20-36-8-2-4-10-38(36)22-44(42)28-50(48)32-52(46)34-56(40)58/h1-14,19-34,53H,15-18H2. The quantitative estimate of drug-likeness (QED) is 0.167. The SMILES string of the molecule is O=C1CCC(N(c2cccc3cc4cc5cc6cc7ccccc7cc6cc5cc4cc23)c2cccc3cc4cc5cc6cc7ccccc7cc6cc5cc4cc23)CC1. The maximum Gasteiger partial charge on any atom is 0.133 e. The normalized spacial score (nSPS) is 14.0. The van der Waals surface area contributed by atoms with Crippen LogP contribution in [0.1, 0.15) is 25.7 Å². The van der Waals surface area contributed by atoms with Crippen molar-refractivity contribution in [2.75, 3.05) is 4.90 Å². The summed E-state index contributed by atoms with van der Waals surface area (Å²) in [7, 11) is 0. The Kier molecular flexibility index (Phi) is 7.21. The van der Waals surface area contributed by atoms with Crippen molar-refractivity contribution in [2.45, 2.75) is 31.7 Å². The zero-order valence-electron chi connectivity index (χ0n) is 33.1. The van der Waals surface area contributed by atoms with E-state index in [0.717, 1.165) is 12.8 Å². The minimum absolute atomic E-state index is 0.195. The molecule has 12 aromatic rings. The van der Waals surface area contributed by atoms with Crippen molar-refractivity contribution in [2.24, 2.45) is 0 Å². The fraction of sp³-hybridized carbons (Fsp3) is 0.0862. The molecule has 0 unspecified atom stereocenters. The number of carbonyl (C=O) groups is 1. The molecule has 12 aromatic carbocycles. The molecule has 1 fully saturated rings. The Morgan fingerprint density at radius 2 is 0.567 bits per heavy atom. The fourth-order valence-electron chi connectivity index (χ4n) is 10.5. The Morgan fingerprint density at radius 3 is 0.900 bits per heavy atom. The molecule has 13 rings (SSSR count). The van der Waals surface area contributed by atoms with E-state index in [0.29, 0.717) is 18.6 Å². The molecule has 60 heavy (non-hydrogen) atoms. The van der Waals surface area contributed by atoms with Gasteiger partial charge in [0.1, 0.15) is 5.78 Å². The van der Waals surface area contributed by atoms with Crippen LogP contribution in [0.4, 0.5) is 11.4 Å². The van der Waals surface area contributed by atoms with Crippen LogP contribution in [-0.2, 0) is 4.79 Å². The molecule has 2 heteroatoms. The van der Waals surface area contributed by atoms with E-state index in [2.05, 4.69) is 187 Å². The Balaban J connectivity index is 0.994. The third-order valence-electron chi connectivity index (χ3n) is 13.6. The lowest BCUT2D eigenvalue weighted by Crippen LogP contribution is -2.35. The fourth-order valence-corrected chi connectivity index (χ4v) is 10.5. The number of carbonyl (C=O) groups excluding carboxylic acids is 1. The molecule has 1 saturated carbocycles. The van der Waals surface area contributed by atoms with Gasteiger partial charge in [-0.25, -0.2) is 0 Å². The van der Waals surface area contributed by atoms with E-state index in [4.69, 9.17) is 0 Å². The van der Waals surface area contributed by atoms with Crippen LogP contribution in [0.2, 0.25) is 0 Å². The van der Waals surface area contributed by atoms with Gasteiger partial charge in [-0.2, -0.15) is 0 Å². The van der Waals surface area contributed by atoms with Gasteiger partial charge in [-0.1, -0.05) is 72.8 Å². The summed E-state index contributed by atoms with van der Waals surface area (Å²) in [5.74, 6) is 0.374. The van der Waals surface area contributed by atoms with Crippen LogP contribution in [0.25, 0.3) is 108 Å². The predicted molar refractivity (Wildman–Crippen MR) is 257 cm³/mol. The number of hydrogen-bond donors (Lipinski definition) is 0. The molecule has 0 N–H and O–H groups in total. The lowest BCUT2D eigenvalue weighted by Gasteiger charge is -2.37. The smallest absolute Gasteiger partial charge is 0.133 e. The first-order valence-corrected chi connectivity index (χ1v) is 21.3. The zero-order valence-corrected chi connectivity index (χ0v) is 33.1. The van der Waals surface area contributed by atoms with Gasteiger partial charge in [-0.15, -0.1) is 0 Å². The van der Waals surface area contributed by atoms with Crippen molar-refractivity contribution < 1.29 is 4.79 Å². The summed E-state index contributed by atoms with van der Waals surface area (Å²) < 4.78 is 0. The summed E-state index contributed by atoms with van der Waals surface area (Å²) in [4.78, 5) is 15.3. The minimum atomic E-state index is 0.195. The Labute approximate surface area is 346 Å². The molecule has 0 spiro atoms. The summed E-state index contributed by atoms with van der Waals surface area (Å²) in [5, 5.41) is 25.0. The summed E-state index contributed by atoms with van der Waals surface area (Å²) in [6.07, 6.45) is 2.91. The van der Waals surface area contributed by atoms with E-state index < -0.39 is 0 Å². The van der Waals surface area contributed by atoms with Crippen molar-refractivity contribution in [3.63, 3.8) is 0 Å². The van der Waals surface area contributed by atoms with Crippen molar-refractivity contribution in [1.29, 1.82) is 0 Å². The van der Waals surface area contributed by atoms with Crippen LogP contribution in [0, 0.1) is 0 Å². The molecular formula is C58H39NO. The summed E-state index contributed by atoms with van der Waals surface area (Å²) in [6, 6.07) is 68.7. The molecule has 0 aliphatic heterocycles. The second-order valence-electron chi connectivity index (χ2n) is 17.2. The third-order valence-corrected chi connectivity index (χ3v) is 13.6. The zero-order chi connectivity index (χ0) is 39.5. The van der Waals surface area contributed by atoms with Crippen LogP contribution < -0.4 is 4.90 Å². The van der Waals surface area contributed by atoms with Gasteiger partial charge in [0.25, 0.3) is 0 Å². The van der Waals surface area contributed by atoms with E-state index in [1.165, 1.54) is 119 Å². The maximum atomic E-state index is 12.7. The molecule has 282 valence electrons. The number of Topliss-reactive ketones (excluding diaryl/α,β-unsaturated/α-hetero) is 1. The molecular weight excluding hydrogens is 727 g/mol. The highest BCUT2D eigenvalue weighted by molar-refractivity contribution is 6.15. The molecule has 0 bridgehead atoms. The maximum absolute atomic E-state index is 12.7. The molecule has 0 atom stereocenters. The molecule has 0 heterocycles. The Bertz CT molecular complexity index is 3570. The average molecular weight is 766 g/mol. The summed E-state index contributed by atoms with van der Waals surface area (Å²) in [5.41, 5.74) is 2.40.